The van der Waals surface area contributed by atoms with E-state index < -0.39 is 141 Å². The van der Waals surface area contributed by atoms with Gasteiger partial charge in [-0.3, -0.25) is 47.4 Å². The van der Waals surface area contributed by atoms with E-state index in [9.17, 15) is 34.2 Å². The van der Waals surface area contributed by atoms with Crippen molar-refractivity contribution in [2.24, 2.45) is 5.92 Å². The highest BCUT2D eigenvalue weighted by atomic mass is 31.2. The second-order valence-electron chi connectivity index (χ2n) is 21.9. The van der Waals surface area contributed by atoms with Gasteiger partial charge < -0.3 is 42.7 Å². The number of carbonyl (C=O) groups is 2. The Hall–Kier alpha value is -4.96. The third-order valence-corrected chi connectivity index (χ3v) is 25.0. The molecule has 4 aromatic heterocycles. The summed E-state index contributed by atoms with van der Waals surface area (Å²) in [5, 5.41) is 24.6. The molecule has 2 unspecified atom stereocenters. The molecule has 2 aliphatic rings. The van der Waals surface area contributed by atoms with Crippen LogP contribution in [0.25, 0.3) is 22.2 Å². The number of H-pyrrole nitrogens is 1. The summed E-state index contributed by atoms with van der Waals surface area (Å²) in [5.41, 5.74) is -0.816. The van der Waals surface area contributed by atoms with Crippen LogP contribution in [0.1, 0.15) is 84.6 Å². The number of phosphoric acid groups is 1. The largest absolute Gasteiger partial charge is 0.475 e. The number of nitriles is 1. The summed E-state index contributed by atoms with van der Waals surface area (Å²) < 4.78 is 98.3. The predicted molar refractivity (Wildman–Crippen MR) is 283 cm³/mol. The lowest BCUT2D eigenvalue weighted by molar-refractivity contribution is -0.118. The monoisotopic (exact) mass is 1150 g/mol. The summed E-state index contributed by atoms with van der Waals surface area (Å²) in [4.78, 5) is 69.6. The van der Waals surface area contributed by atoms with Crippen LogP contribution in [-0.4, -0.2) is 129 Å². The fourth-order valence-corrected chi connectivity index (χ4v) is 12.4. The number of aliphatic hydroxyl groups excluding tert-OH is 1. The third-order valence-electron chi connectivity index (χ3n) is 14.2. The number of ether oxygens (including phenoxy) is 2. The second-order valence-corrected chi connectivity index (χ2v) is 33.8. The third kappa shape index (κ3) is 13.1. The van der Waals surface area contributed by atoms with Crippen LogP contribution < -0.4 is 16.2 Å². The highest BCUT2D eigenvalue weighted by Gasteiger charge is 2.57. The highest BCUT2D eigenvalue weighted by Crippen LogP contribution is 2.56. The smallest absolute Gasteiger partial charge is 0.408 e. The van der Waals surface area contributed by atoms with E-state index >= 15 is 8.96 Å². The first-order chi connectivity index (χ1) is 36.0. The number of amides is 2. The van der Waals surface area contributed by atoms with E-state index in [2.05, 4.69) is 35.6 Å². The van der Waals surface area contributed by atoms with E-state index in [1.165, 1.54) is 15.5 Å². The summed E-state index contributed by atoms with van der Waals surface area (Å²) >= 11 is 0. The number of halogens is 1. The highest BCUT2D eigenvalue weighted by molar-refractivity contribution is 7.48. The van der Waals surface area contributed by atoms with Crippen molar-refractivity contribution in [3.8, 4) is 6.07 Å². The van der Waals surface area contributed by atoms with Gasteiger partial charge in [0, 0.05) is 17.7 Å². The molecule has 2 aliphatic heterocycles. The van der Waals surface area contributed by atoms with Gasteiger partial charge in [0.2, 0.25) is 11.9 Å². The van der Waals surface area contributed by atoms with Gasteiger partial charge in [-0.2, -0.15) is 10.2 Å². The van der Waals surface area contributed by atoms with Gasteiger partial charge in [-0.15, -0.1) is 0 Å². The van der Waals surface area contributed by atoms with Gasteiger partial charge in [-0.25, -0.2) is 23.9 Å². The minimum atomic E-state index is -5.08. The number of aromatic amines is 1. The maximum atomic E-state index is 16.4. The number of nitrogens with zero attached hydrogens (tertiary/aromatic N) is 7. The van der Waals surface area contributed by atoms with E-state index in [0.29, 0.717) is 0 Å². The number of rotatable bonds is 21. The average Bonchev–Trinajstić information content (AvgIpc) is 4.16. The van der Waals surface area contributed by atoms with Crippen LogP contribution in [-0.2, 0) is 50.3 Å². The zero-order chi connectivity index (χ0) is 56.6. The van der Waals surface area contributed by atoms with Crippen molar-refractivity contribution >= 4 is 78.5 Å². The van der Waals surface area contributed by atoms with Crippen molar-refractivity contribution in [3.63, 3.8) is 0 Å². The molecular weight excluding hydrogens is 1080 g/mol. The molecule has 5 N–H and O–H groups in total. The van der Waals surface area contributed by atoms with Gasteiger partial charge in [0.1, 0.15) is 48.8 Å². The summed E-state index contributed by atoms with van der Waals surface area (Å²) in [6.45, 7) is 20.8. The number of anilines is 2. The van der Waals surface area contributed by atoms with Crippen LogP contribution >= 0.6 is 16.1 Å². The predicted octanol–water partition coefficient (Wildman–Crippen LogP) is 7.33. The number of nitrogens with one attached hydrogen (secondary N) is 3. The molecule has 0 aliphatic carbocycles. The summed E-state index contributed by atoms with van der Waals surface area (Å²) in [5.74, 6) is -2.78. The molecule has 0 spiro atoms. The maximum Gasteiger partial charge on any atom is 0.475 e. The first kappa shape index (κ1) is 59.7. The van der Waals surface area contributed by atoms with Gasteiger partial charge in [0.15, 0.2) is 51.7 Å². The number of carbonyl (C=O) groups excluding carboxylic acids is 2. The minimum Gasteiger partial charge on any atom is -0.408 e. The first-order valence-electron chi connectivity index (χ1n) is 24.8. The Balaban J connectivity index is 1.30. The van der Waals surface area contributed by atoms with Crippen molar-refractivity contribution in [2.75, 3.05) is 30.5 Å². The van der Waals surface area contributed by atoms with Crippen LogP contribution in [0.4, 0.5) is 16.2 Å². The second kappa shape index (κ2) is 23.4. The molecule has 77 heavy (non-hydrogen) atoms. The molecule has 1 aromatic carbocycles. The molecule has 0 radical (unpaired) electrons. The van der Waals surface area contributed by atoms with Crippen LogP contribution in [0.3, 0.4) is 0 Å². The normalized spacial score (nSPS) is 23.6. The van der Waals surface area contributed by atoms with Crippen molar-refractivity contribution in [2.45, 2.75) is 147 Å². The molecule has 0 saturated carbocycles. The van der Waals surface area contributed by atoms with Gasteiger partial charge in [0.05, 0.1) is 44.0 Å². The lowest BCUT2D eigenvalue weighted by atomic mass is 10.1. The molecular formula is C47H67FN10O15P2Si2. The summed E-state index contributed by atoms with van der Waals surface area (Å²) in [7, 11) is -14.7. The van der Waals surface area contributed by atoms with Gasteiger partial charge in [0.25, 0.3) is 11.5 Å². The van der Waals surface area contributed by atoms with E-state index in [1.807, 2.05) is 73.8 Å². The van der Waals surface area contributed by atoms with E-state index in [-0.39, 0.29) is 45.9 Å². The zero-order valence-corrected chi connectivity index (χ0v) is 48.7. The number of benzene rings is 1. The van der Waals surface area contributed by atoms with Gasteiger partial charge >= 0.3 is 16.1 Å². The van der Waals surface area contributed by atoms with Crippen molar-refractivity contribution < 1.29 is 69.5 Å². The fourth-order valence-electron chi connectivity index (χ4n) is 7.96. The lowest BCUT2D eigenvalue weighted by Crippen LogP contribution is -2.50. The standard InChI is InChI=1S/C47H67FN10O15P2Si2/c1-26(2)40(60)55-45-54-39-32(42(62)56-45)52-25-58(39)43-35(34(29(22-59)68-43)72-76(9,10)46(3,4)5)71-75(65,66-20-16-19-49)67-23-30-33(70-74(63)64)36(73-77(11,12)47(6,7)8)44(69-30)57-21-28(48)31-37(50-24-51-38(31)57)53-41(61)27-17-14-13-15-18-27/h13-15,17-18,21,24-26,29-30,33-36,43-44,59,74H,16,20,22-23H2,1-12H3,(H,63,64)(H,50,51,53,61)(H2,54,55,56,60,62)/t29-,30-,33-,34-,35-,36-,43-,44-,75?/m1/s1. The number of fused-ring (bicyclic) bond motifs is 2. The number of aromatic nitrogens is 7. The molecule has 7 rings (SSSR count). The zero-order valence-electron chi connectivity index (χ0n) is 44.8. The molecule has 0 bridgehead atoms. The number of hydrogen-bond donors (Lipinski definition) is 5. The molecule has 5 aromatic rings. The average molecular weight is 1150 g/mol. The molecule has 2 amide bonds. The quantitative estimate of drug-likeness (QED) is 0.0273. The number of hydrogen-bond acceptors (Lipinski definition) is 19. The topological polar surface area (TPSA) is 325 Å². The Labute approximate surface area is 446 Å². The Kier molecular flexibility index (Phi) is 18.1. The molecule has 2 saturated heterocycles. The van der Waals surface area contributed by atoms with Gasteiger partial charge in [-0.1, -0.05) is 73.6 Å². The lowest BCUT2D eigenvalue weighted by Gasteiger charge is -2.40. The number of imidazole rings is 1. The van der Waals surface area contributed by atoms with Crippen LogP contribution in [0, 0.1) is 23.1 Å². The molecule has 2 fully saturated rings. The number of aliphatic hydroxyl groups is 1. The van der Waals surface area contributed by atoms with Crippen LogP contribution in [0.15, 0.2) is 54.0 Å². The van der Waals surface area contributed by atoms with E-state index in [1.54, 1.807) is 44.2 Å². The minimum absolute atomic E-state index is 0.0723. The van der Waals surface area contributed by atoms with E-state index in [4.69, 9.17) is 36.4 Å². The van der Waals surface area contributed by atoms with Crippen LogP contribution in [0.5, 0.6) is 0 Å². The van der Waals surface area contributed by atoms with Crippen LogP contribution in [0.2, 0.25) is 36.3 Å². The molecule has 6 heterocycles. The Bertz CT molecular complexity index is 3130. The van der Waals surface area contributed by atoms with Crippen molar-refractivity contribution in [1.82, 2.24) is 34.1 Å². The maximum absolute atomic E-state index is 16.4. The van der Waals surface area contributed by atoms with Gasteiger partial charge in [-0.05, 0) is 48.4 Å². The molecule has 420 valence electrons. The van der Waals surface area contributed by atoms with Crippen molar-refractivity contribution in [3.05, 3.63) is 70.9 Å². The first-order valence-corrected chi connectivity index (χ1v) is 33.3. The number of phosphoric ester groups is 1. The molecule has 10 atom stereocenters. The SMILES string of the molecule is CC(C)C(=O)Nc1nc2c(ncn2[C@@H]2O[C@H](CO)[C@@H](O[Si](C)(C)C(C)(C)C)[C@H]2OP(=O)(OCCC#N)OC[C@H]2O[C@@H](n3cc(F)c4c(NC(=O)c5ccccc5)ncnc43)[C@H](O[Si](C)(C)C(C)(C)C)[C@@H]2O[PH](=O)O)c(=O)[nH]1. The Morgan fingerprint density at radius 1 is 0.922 bits per heavy atom. The Morgan fingerprint density at radius 2 is 1.56 bits per heavy atom. The Morgan fingerprint density at radius 3 is 2.17 bits per heavy atom. The van der Waals surface area contributed by atoms with Crippen molar-refractivity contribution in [1.29, 1.82) is 5.26 Å². The fraction of sp³-hybridized carbons (Fsp3) is 0.574. The summed E-state index contributed by atoms with van der Waals surface area (Å²) in [6.07, 6.45) is -8.12. The van der Waals surface area contributed by atoms with E-state index in [0.717, 1.165) is 12.5 Å². The molecule has 30 heteroatoms. The summed E-state index contributed by atoms with van der Waals surface area (Å²) in [6, 6.07) is 10.1. The molecule has 25 nitrogen and oxygen atoms in total.